The lowest BCUT2D eigenvalue weighted by molar-refractivity contribution is -0.137. The number of piperazine rings is 1. The Morgan fingerprint density at radius 3 is 2.28 bits per heavy atom. The zero-order valence-electron chi connectivity index (χ0n) is 12.1. The van der Waals surface area contributed by atoms with Gasteiger partial charge in [0, 0.05) is 32.7 Å². The van der Waals surface area contributed by atoms with Gasteiger partial charge in [0.05, 0.1) is 18.2 Å². The van der Waals surface area contributed by atoms with Crippen molar-refractivity contribution >= 4 is 5.91 Å². The molecule has 2 N–H and O–H groups in total. The van der Waals surface area contributed by atoms with Crippen LogP contribution in [-0.2, 0) is 9.53 Å². The predicted octanol–water partition coefficient (Wildman–Crippen LogP) is 0.293. The summed E-state index contributed by atoms with van der Waals surface area (Å²) in [5.74, 6) is 0.0422. The molecule has 0 bridgehead atoms. The zero-order valence-corrected chi connectivity index (χ0v) is 12.1. The number of nitrogens with zero attached hydrogens (tertiary/aromatic N) is 2. The van der Waals surface area contributed by atoms with Gasteiger partial charge in [0.25, 0.3) is 0 Å². The standard InChI is InChI=1S/C13H27N3O2/c1-11(2)18-10-9-15-5-7-16(8-6-15)12(17)13(3,4)14/h11H,5-10,14H2,1-4H3. The van der Waals surface area contributed by atoms with Gasteiger partial charge in [0.15, 0.2) is 0 Å². The summed E-state index contributed by atoms with van der Waals surface area (Å²) in [6, 6.07) is 0. The molecule has 1 heterocycles. The van der Waals surface area contributed by atoms with Gasteiger partial charge in [-0.05, 0) is 27.7 Å². The largest absolute Gasteiger partial charge is 0.377 e. The molecule has 0 radical (unpaired) electrons. The average Bonchev–Trinajstić information content (AvgIpc) is 2.27. The average molecular weight is 257 g/mol. The first kappa shape index (κ1) is 15.4. The lowest BCUT2D eigenvalue weighted by atomic mass is 10.0. The van der Waals surface area contributed by atoms with E-state index in [-0.39, 0.29) is 12.0 Å². The molecule has 1 rings (SSSR count). The van der Waals surface area contributed by atoms with Gasteiger partial charge in [-0.3, -0.25) is 9.69 Å². The second-order valence-electron chi connectivity index (χ2n) is 5.78. The second kappa shape index (κ2) is 6.50. The molecule has 1 aliphatic rings. The Hall–Kier alpha value is -0.650. The number of ether oxygens (including phenoxy) is 1. The molecular weight excluding hydrogens is 230 g/mol. The molecule has 0 aliphatic carbocycles. The van der Waals surface area contributed by atoms with Crippen molar-refractivity contribution in [3.05, 3.63) is 0 Å². The smallest absolute Gasteiger partial charge is 0.242 e. The Kier molecular flexibility index (Phi) is 5.56. The highest BCUT2D eigenvalue weighted by molar-refractivity contribution is 5.85. The Bertz CT molecular complexity index is 266. The monoisotopic (exact) mass is 257 g/mol. The topological polar surface area (TPSA) is 58.8 Å². The molecule has 106 valence electrons. The molecule has 1 saturated heterocycles. The van der Waals surface area contributed by atoms with Gasteiger partial charge in [-0.1, -0.05) is 0 Å². The van der Waals surface area contributed by atoms with Crippen molar-refractivity contribution in [2.24, 2.45) is 5.73 Å². The highest BCUT2D eigenvalue weighted by atomic mass is 16.5. The third kappa shape index (κ3) is 4.92. The van der Waals surface area contributed by atoms with Crippen LogP contribution in [-0.4, -0.2) is 66.7 Å². The summed E-state index contributed by atoms with van der Waals surface area (Å²) in [5, 5.41) is 0. The number of carbonyl (C=O) groups is 1. The van der Waals surface area contributed by atoms with Crippen LogP contribution >= 0.6 is 0 Å². The molecule has 0 unspecified atom stereocenters. The summed E-state index contributed by atoms with van der Waals surface area (Å²) in [6.07, 6.45) is 0.283. The fraction of sp³-hybridized carbons (Fsp3) is 0.923. The summed E-state index contributed by atoms with van der Waals surface area (Å²) >= 11 is 0. The molecule has 0 aromatic rings. The van der Waals surface area contributed by atoms with Gasteiger partial charge in [-0.2, -0.15) is 0 Å². The van der Waals surface area contributed by atoms with E-state index < -0.39 is 5.54 Å². The Morgan fingerprint density at radius 2 is 1.83 bits per heavy atom. The van der Waals surface area contributed by atoms with E-state index in [1.54, 1.807) is 13.8 Å². The number of rotatable bonds is 5. The number of nitrogens with two attached hydrogens (primary N) is 1. The minimum atomic E-state index is -0.761. The molecule has 0 saturated carbocycles. The zero-order chi connectivity index (χ0) is 13.8. The van der Waals surface area contributed by atoms with E-state index >= 15 is 0 Å². The number of hydrogen-bond donors (Lipinski definition) is 1. The van der Waals surface area contributed by atoms with E-state index in [0.717, 1.165) is 39.3 Å². The summed E-state index contributed by atoms with van der Waals surface area (Å²) in [7, 11) is 0. The van der Waals surface area contributed by atoms with Crippen LogP contribution in [0.15, 0.2) is 0 Å². The van der Waals surface area contributed by atoms with Gasteiger partial charge in [-0.15, -0.1) is 0 Å². The van der Waals surface area contributed by atoms with Crippen molar-refractivity contribution in [2.75, 3.05) is 39.3 Å². The Labute approximate surface area is 110 Å². The molecule has 0 aromatic carbocycles. The summed E-state index contributed by atoms with van der Waals surface area (Å²) in [5.41, 5.74) is 5.07. The second-order valence-corrected chi connectivity index (χ2v) is 5.78. The molecule has 0 atom stereocenters. The van der Waals surface area contributed by atoms with E-state index in [4.69, 9.17) is 10.5 Å². The number of amides is 1. The Morgan fingerprint density at radius 1 is 1.28 bits per heavy atom. The molecule has 1 aliphatic heterocycles. The van der Waals surface area contributed by atoms with Crippen molar-refractivity contribution < 1.29 is 9.53 Å². The SMILES string of the molecule is CC(C)OCCN1CCN(C(=O)C(C)(C)N)CC1. The first-order chi connectivity index (χ1) is 8.30. The molecule has 0 aromatic heterocycles. The van der Waals surface area contributed by atoms with Crippen LogP contribution in [0.5, 0.6) is 0 Å². The Balaban J connectivity index is 2.27. The molecule has 5 heteroatoms. The van der Waals surface area contributed by atoms with Gasteiger partial charge >= 0.3 is 0 Å². The highest BCUT2D eigenvalue weighted by Gasteiger charge is 2.29. The maximum Gasteiger partial charge on any atom is 0.242 e. The van der Waals surface area contributed by atoms with Crippen LogP contribution in [0.2, 0.25) is 0 Å². The lowest BCUT2D eigenvalue weighted by Crippen LogP contribution is -2.57. The van der Waals surface area contributed by atoms with Crippen molar-refractivity contribution in [2.45, 2.75) is 39.3 Å². The number of hydrogen-bond acceptors (Lipinski definition) is 4. The summed E-state index contributed by atoms with van der Waals surface area (Å²) in [4.78, 5) is 16.2. The van der Waals surface area contributed by atoms with E-state index in [9.17, 15) is 4.79 Å². The third-order valence-electron chi connectivity index (χ3n) is 3.07. The van der Waals surface area contributed by atoms with Crippen LogP contribution in [0, 0.1) is 0 Å². The van der Waals surface area contributed by atoms with Crippen molar-refractivity contribution in [3.8, 4) is 0 Å². The molecular formula is C13H27N3O2. The van der Waals surface area contributed by atoms with Gasteiger partial charge in [0.2, 0.25) is 5.91 Å². The number of carbonyl (C=O) groups excluding carboxylic acids is 1. The summed E-state index contributed by atoms with van der Waals surface area (Å²) < 4.78 is 5.53. The minimum absolute atomic E-state index is 0.0422. The maximum atomic E-state index is 12.0. The van der Waals surface area contributed by atoms with Crippen molar-refractivity contribution in [3.63, 3.8) is 0 Å². The van der Waals surface area contributed by atoms with Gasteiger partial charge in [-0.25, -0.2) is 0 Å². The highest BCUT2D eigenvalue weighted by Crippen LogP contribution is 2.08. The van der Waals surface area contributed by atoms with Crippen molar-refractivity contribution in [1.82, 2.24) is 9.80 Å². The van der Waals surface area contributed by atoms with E-state index in [1.807, 2.05) is 18.7 Å². The predicted molar refractivity (Wildman–Crippen MR) is 72.4 cm³/mol. The van der Waals surface area contributed by atoms with Gasteiger partial charge < -0.3 is 15.4 Å². The van der Waals surface area contributed by atoms with E-state index in [0.29, 0.717) is 0 Å². The maximum absolute atomic E-state index is 12.0. The lowest BCUT2D eigenvalue weighted by Gasteiger charge is -2.37. The van der Waals surface area contributed by atoms with Crippen molar-refractivity contribution in [1.29, 1.82) is 0 Å². The quantitative estimate of drug-likeness (QED) is 0.769. The van der Waals surface area contributed by atoms with E-state index in [2.05, 4.69) is 4.90 Å². The molecule has 1 fully saturated rings. The fourth-order valence-corrected chi connectivity index (χ4v) is 2.00. The third-order valence-corrected chi connectivity index (χ3v) is 3.07. The molecule has 18 heavy (non-hydrogen) atoms. The van der Waals surface area contributed by atoms with Gasteiger partial charge in [0.1, 0.15) is 0 Å². The molecule has 1 amide bonds. The molecule has 5 nitrogen and oxygen atoms in total. The van der Waals surface area contributed by atoms with Crippen LogP contribution < -0.4 is 5.73 Å². The normalized spacial score (nSPS) is 18.4. The minimum Gasteiger partial charge on any atom is -0.377 e. The van der Waals surface area contributed by atoms with Crippen LogP contribution in [0.3, 0.4) is 0 Å². The molecule has 0 spiro atoms. The summed E-state index contributed by atoms with van der Waals surface area (Å²) in [6.45, 7) is 12.6. The van der Waals surface area contributed by atoms with E-state index in [1.165, 1.54) is 0 Å². The van der Waals surface area contributed by atoms with Crippen LogP contribution in [0.4, 0.5) is 0 Å². The fourth-order valence-electron chi connectivity index (χ4n) is 2.00. The van der Waals surface area contributed by atoms with Crippen LogP contribution in [0.1, 0.15) is 27.7 Å². The van der Waals surface area contributed by atoms with Crippen LogP contribution in [0.25, 0.3) is 0 Å². The first-order valence-electron chi connectivity index (χ1n) is 6.73. The first-order valence-corrected chi connectivity index (χ1v) is 6.73.